The zero-order valence-corrected chi connectivity index (χ0v) is 13.8. The van der Waals surface area contributed by atoms with Crippen molar-refractivity contribution < 1.29 is 4.79 Å². The Morgan fingerprint density at radius 2 is 1.92 bits per heavy atom. The lowest BCUT2D eigenvalue weighted by atomic mass is 10.1. The number of aromatic nitrogens is 2. The summed E-state index contributed by atoms with van der Waals surface area (Å²) in [5.74, 6) is -0.516. The van der Waals surface area contributed by atoms with Crippen LogP contribution in [0.2, 0.25) is 0 Å². The fourth-order valence-electron chi connectivity index (χ4n) is 2.36. The van der Waals surface area contributed by atoms with Gasteiger partial charge in [0.1, 0.15) is 10.7 Å². The van der Waals surface area contributed by atoms with E-state index in [0.717, 1.165) is 19.3 Å². The molecular formula is C18H21N3O3. The third-order valence-electron chi connectivity index (χ3n) is 3.78. The molecule has 3 N–H and O–H groups in total. The standard InChI is InChI=1S/C18H21N3O3/c1-3-4-5-6-15-17(23)20-14(18(24)21(15)2)11-12-7-9-13(10-8-12)16(19)22/h6-11H,3-5H2,1-2H3,(H2,19,22)(H,20,23)/b14-11-,15-6-. The van der Waals surface area contributed by atoms with Gasteiger partial charge in [-0.05, 0) is 36.6 Å². The highest BCUT2D eigenvalue weighted by molar-refractivity contribution is 5.92. The maximum atomic E-state index is 12.4. The van der Waals surface area contributed by atoms with Crippen LogP contribution in [0.1, 0.15) is 42.1 Å². The number of amides is 1. The Bertz CT molecular complexity index is 967. The number of nitrogens with one attached hydrogen (secondary N) is 1. The molecule has 6 nitrogen and oxygen atoms in total. The third kappa shape index (κ3) is 3.90. The molecule has 0 aliphatic carbocycles. The number of rotatable bonds is 5. The number of carbonyl (C=O) groups excluding carboxylic acids is 1. The van der Waals surface area contributed by atoms with Crippen LogP contribution >= 0.6 is 0 Å². The number of primary amides is 1. The van der Waals surface area contributed by atoms with E-state index in [1.807, 2.05) is 0 Å². The molecule has 0 atom stereocenters. The maximum Gasteiger partial charge on any atom is 0.274 e. The Labute approximate surface area is 139 Å². The Morgan fingerprint density at radius 3 is 2.50 bits per heavy atom. The van der Waals surface area contributed by atoms with Gasteiger partial charge in [0.05, 0.1) is 0 Å². The topological polar surface area (TPSA) is 97.9 Å². The SMILES string of the molecule is CCCC/C=c1/c(=O)[nH]/c(=C\c2ccc(C(N)=O)cc2)c(=O)n1C. The van der Waals surface area contributed by atoms with Crippen LogP contribution in [-0.2, 0) is 7.05 Å². The lowest BCUT2D eigenvalue weighted by molar-refractivity contribution is 0.100. The minimum Gasteiger partial charge on any atom is -0.366 e. The summed E-state index contributed by atoms with van der Waals surface area (Å²) in [5.41, 5.74) is 5.69. The van der Waals surface area contributed by atoms with Crippen molar-refractivity contribution in [1.29, 1.82) is 0 Å². The van der Waals surface area contributed by atoms with Crippen molar-refractivity contribution in [2.75, 3.05) is 0 Å². The van der Waals surface area contributed by atoms with E-state index in [0.29, 0.717) is 16.5 Å². The van der Waals surface area contributed by atoms with Crippen LogP contribution in [0.15, 0.2) is 33.9 Å². The molecule has 0 aliphatic rings. The summed E-state index contributed by atoms with van der Waals surface area (Å²) in [5, 5.41) is 0.566. The van der Waals surface area contributed by atoms with Gasteiger partial charge >= 0.3 is 0 Å². The first kappa shape index (κ1) is 17.5. The average Bonchev–Trinajstić information content (AvgIpc) is 2.56. The molecule has 0 spiro atoms. The second-order valence-electron chi connectivity index (χ2n) is 5.59. The highest BCUT2D eigenvalue weighted by atomic mass is 16.1. The molecule has 0 fully saturated rings. The Kier molecular flexibility index (Phi) is 5.52. The summed E-state index contributed by atoms with van der Waals surface area (Å²) in [7, 11) is 1.59. The molecule has 0 saturated carbocycles. The van der Waals surface area contributed by atoms with Gasteiger partial charge in [0.25, 0.3) is 11.1 Å². The average molecular weight is 327 g/mol. The second kappa shape index (κ2) is 7.59. The normalized spacial score (nSPS) is 12.6. The number of aromatic amines is 1. The fourth-order valence-corrected chi connectivity index (χ4v) is 2.36. The van der Waals surface area contributed by atoms with Gasteiger partial charge in [-0.1, -0.05) is 31.6 Å². The van der Waals surface area contributed by atoms with E-state index in [2.05, 4.69) is 11.9 Å². The number of nitrogens with zero attached hydrogens (tertiary/aromatic N) is 1. The molecule has 6 heteroatoms. The van der Waals surface area contributed by atoms with Crippen molar-refractivity contribution in [2.45, 2.75) is 26.2 Å². The number of hydrogen-bond donors (Lipinski definition) is 2. The number of benzene rings is 1. The lowest BCUT2D eigenvalue weighted by Gasteiger charge is -2.00. The fraction of sp³-hybridized carbons (Fsp3) is 0.278. The molecule has 1 amide bonds. The Balaban J connectivity index is 2.52. The molecule has 1 aromatic carbocycles. The molecular weight excluding hydrogens is 306 g/mol. The van der Waals surface area contributed by atoms with Crippen molar-refractivity contribution in [1.82, 2.24) is 9.55 Å². The van der Waals surface area contributed by atoms with E-state index >= 15 is 0 Å². The molecule has 1 aromatic heterocycles. The highest BCUT2D eigenvalue weighted by Crippen LogP contribution is 2.03. The van der Waals surface area contributed by atoms with Crippen molar-refractivity contribution in [2.24, 2.45) is 12.8 Å². The number of H-pyrrole nitrogens is 1. The second-order valence-corrected chi connectivity index (χ2v) is 5.59. The monoisotopic (exact) mass is 327 g/mol. The first-order valence-corrected chi connectivity index (χ1v) is 7.85. The Hall–Kier alpha value is -2.89. The van der Waals surface area contributed by atoms with Crippen LogP contribution in [0.5, 0.6) is 0 Å². The van der Waals surface area contributed by atoms with Gasteiger partial charge in [0.2, 0.25) is 5.91 Å². The van der Waals surface area contributed by atoms with Crippen LogP contribution in [0.4, 0.5) is 0 Å². The van der Waals surface area contributed by atoms with Crippen LogP contribution < -0.4 is 27.6 Å². The van der Waals surface area contributed by atoms with Crippen molar-refractivity contribution in [3.8, 4) is 0 Å². The van der Waals surface area contributed by atoms with Gasteiger partial charge in [0.15, 0.2) is 0 Å². The minimum atomic E-state index is -0.516. The van der Waals surface area contributed by atoms with Gasteiger partial charge in [-0.3, -0.25) is 14.4 Å². The van der Waals surface area contributed by atoms with Gasteiger partial charge < -0.3 is 15.3 Å². The Morgan fingerprint density at radius 1 is 1.25 bits per heavy atom. The van der Waals surface area contributed by atoms with Crippen LogP contribution in [-0.4, -0.2) is 15.5 Å². The number of carbonyl (C=O) groups is 1. The van der Waals surface area contributed by atoms with Crippen molar-refractivity contribution >= 4 is 18.1 Å². The van der Waals surface area contributed by atoms with E-state index in [1.54, 1.807) is 43.5 Å². The van der Waals surface area contributed by atoms with Crippen LogP contribution in [0.25, 0.3) is 12.2 Å². The third-order valence-corrected chi connectivity index (χ3v) is 3.78. The highest BCUT2D eigenvalue weighted by Gasteiger charge is 2.02. The van der Waals surface area contributed by atoms with Crippen molar-refractivity contribution in [3.05, 3.63) is 66.8 Å². The minimum absolute atomic E-state index is 0.196. The molecule has 0 saturated heterocycles. The predicted molar refractivity (Wildman–Crippen MR) is 94.1 cm³/mol. The number of unbranched alkanes of at least 4 members (excludes halogenated alkanes) is 2. The molecule has 2 rings (SSSR count). The predicted octanol–water partition coefficient (Wildman–Crippen LogP) is -0.0280. The van der Waals surface area contributed by atoms with Crippen LogP contribution in [0, 0.1) is 0 Å². The van der Waals surface area contributed by atoms with Crippen LogP contribution in [0.3, 0.4) is 0 Å². The molecule has 0 radical (unpaired) electrons. The van der Waals surface area contributed by atoms with E-state index in [-0.39, 0.29) is 16.5 Å². The number of nitrogens with two attached hydrogens (primary N) is 1. The zero-order chi connectivity index (χ0) is 17.7. The summed E-state index contributed by atoms with van der Waals surface area (Å²) in [6.45, 7) is 2.07. The zero-order valence-electron chi connectivity index (χ0n) is 13.8. The largest absolute Gasteiger partial charge is 0.366 e. The first-order valence-electron chi connectivity index (χ1n) is 7.85. The molecule has 24 heavy (non-hydrogen) atoms. The summed E-state index contributed by atoms with van der Waals surface area (Å²) >= 11 is 0. The molecule has 2 aromatic rings. The molecule has 0 bridgehead atoms. The lowest BCUT2D eigenvalue weighted by Crippen LogP contribution is -2.52. The quantitative estimate of drug-likeness (QED) is 0.755. The van der Waals surface area contributed by atoms with E-state index in [9.17, 15) is 14.4 Å². The maximum absolute atomic E-state index is 12.4. The first-order chi connectivity index (χ1) is 11.4. The van der Waals surface area contributed by atoms with E-state index < -0.39 is 5.91 Å². The van der Waals surface area contributed by atoms with Gasteiger partial charge in [-0.2, -0.15) is 0 Å². The molecule has 0 unspecified atom stereocenters. The van der Waals surface area contributed by atoms with E-state index in [1.165, 1.54) is 4.57 Å². The molecule has 126 valence electrons. The smallest absolute Gasteiger partial charge is 0.274 e. The summed E-state index contributed by atoms with van der Waals surface area (Å²) in [6, 6.07) is 6.48. The van der Waals surface area contributed by atoms with Crippen molar-refractivity contribution in [3.63, 3.8) is 0 Å². The van der Waals surface area contributed by atoms with Gasteiger partial charge in [-0.15, -0.1) is 0 Å². The summed E-state index contributed by atoms with van der Waals surface area (Å²) in [6.07, 6.45) is 6.10. The summed E-state index contributed by atoms with van der Waals surface area (Å²) < 4.78 is 1.36. The van der Waals surface area contributed by atoms with E-state index in [4.69, 9.17) is 5.73 Å². The molecule has 1 heterocycles. The van der Waals surface area contributed by atoms with Gasteiger partial charge in [0, 0.05) is 12.6 Å². The number of hydrogen-bond acceptors (Lipinski definition) is 3. The van der Waals surface area contributed by atoms with Gasteiger partial charge in [-0.25, -0.2) is 0 Å². The molecule has 0 aliphatic heterocycles. The summed E-state index contributed by atoms with van der Waals surface area (Å²) in [4.78, 5) is 38.3.